The third kappa shape index (κ3) is 4.60. The number of nitrogens with zero attached hydrogens (tertiary/aromatic N) is 3. The highest BCUT2D eigenvalue weighted by molar-refractivity contribution is 5.85. The van der Waals surface area contributed by atoms with E-state index >= 15 is 0 Å². The molecule has 0 saturated heterocycles. The van der Waals surface area contributed by atoms with Gasteiger partial charge in [0.25, 0.3) is 5.56 Å². The van der Waals surface area contributed by atoms with Crippen molar-refractivity contribution in [3.63, 3.8) is 0 Å². The number of aromatic nitrogens is 3. The Morgan fingerprint density at radius 3 is 2.52 bits per heavy atom. The fourth-order valence-electron chi connectivity index (χ4n) is 2.88. The molecule has 0 radical (unpaired) electrons. The van der Waals surface area contributed by atoms with Gasteiger partial charge in [0.2, 0.25) is 0 Å². The molecule has 0 aliphatic carbocycles. The van der Waals surface area contributed by atoms with E-state index in [2.05, 4.69) is 9.97 Å². The van der Waals surface area contributed by atoms with Gasteiger partial charge in [-0.3, -0.25) is 4.79 Å². The average Bonchev–Trinajstić information content (AvgIpc) is 2.69. The summed E-state index contributed by atoms with van der Waals surface area (Å²) in [6.45, 7) is 0.209. The zero-order valence-electron chi connectivity index (χ0n) is 15.2. The Kier molecular flexibility index (Phi) is 5.94. The first-order valence-electron chi connectivity index (χ1n) is 8.79. The maximum atomic E-state index is 14.6. The molecule has 1 aromatic carbocycles. The van der Waals surface area contributed by atoms with E-state index in [1.165, 1.54) is 10.6 Å². The summed E-state index contributed by atoms with van der Waals surface area (Å²) in [4.78, 5) is 19.8. The molecule has 0 aliphatic heterocycles. The number of pyridine rings is 1. The van der Waals surface area contributed by atoms with Gasteiger partial charge in [0.1, 0.15) is 5.82 Å². The fraction of sp³-hybridized carbons (Fsp3) is 0.316. The minimum absolute atomic E-state index is 0.0997. The Morgan fingerprint density at radius 2 is 1.90 bits per heavy atom. The molecule has 3 aromatic rings. The van der Waals surface area contributed by atoms with Crippen molar-refractivity contribution in [3.8, 4) is 11.4 Å². The molecule has 3 rings (SSSR count). The fourth-order valence-corrected chi connectivity index (χ4v) is 2.88. The highest BCUT2D eigenvalue weighted by Crippen LogP contribution is 2.29. The maximum absolute atomic E-state index is 14.6. The summed E-state index contributed by atoms with van der Waals surface area (Å²) in [7, 11) is 0. The molecule has 1 unspecified atom stereocenters. The summed E-state index contributed by atoms with van der Waals surface area (Å²) in [5, 5.41) is 9.48. The molecule has 2 heterocycles. The predicted octanol–water partition coefficient (Wildman–Crippen LogP) is 2.72. The zero-order valence-corrected chi connectivity index (χ0v) is 15.2. The first-order valence-corrected chi connectivity index (χ1v) is 8.79. The number of alkyl halides is 3. The molecule has 3 N–H and O–H groups in total. The minimum atomic E-state index is -4.59. The summed E-state index contributed by atoms with van der Waals surface area (Å²) < 4.78 is 53.9. The van der Waals surface area contributed by atoms with Crippen LogP contribution in [0.25, 0.3) is 22.2 Å². The van der Waals surface area contributed by atoms with Crippen molar-refractivity contribution in [1.82, 2.24) is 14.5 Å². The number of benzene rings is 1. The van der Waals surface area contributed by atoms with Crippen LogP contribution in [-0.2, 0) is 12.7 Å². The van der Waals surface area contributed by atoms with E-state index in [9.17, 15) is 22.4 Å². The van der Waals surface area contributed by atoms with E-state index in [0.29, 0.717) is 37.2 Å². The molecule has 0 spiro atoms. The van der Waals surface area contributed by atoms with Crippen LogP contribution in [0.4, 0.5) is 17.6 Å². The molecule has 154 valence electrons. The molecule has 1 atom stereocenters. The van der Waals surface area contributed by atoms with Gasteiger partial charge in [0.15, 0.2) is 5.82 Å². The van der Waals surface area contributed by atoms with Crippen LogP contribution in [0.5, 0.6) is 0 Å². The zero-order chi connectivity index (χ0) is 21.2. The van der Waals surface area contributed by atoms with Crippen molar-refractivity contribution in [2.75, 3.05) is 6.61 Å². The number of halogens is 4. The van der Waals surface area contributed by atoms with Gasteiger partial charge in [-0.1, -0.05) is 0 Å². The van der Waals surface area contributed by atoms with Gasteiger partial charge in [0, 0.05) is 31.2 Å². The van der Waals surface area contributed by atoms with E-state index < -0.39 is 23.1 Å². The maximum Gasteiger partial charge on any atom is 0.419 e. The van der Waals surface area contributed by atoms with E-state index in [-0.39, 0.29) is 29.4 Å². The second-order valence-corrected chi connectivity index (χ2v) is 6.61. The molecular weight excluding hydrogens is 392 g/mol. The topological polar surface area (TPSA) is 94.0 Å². The monoisotopic (exact) mass is 410 g/mol. The molecule has 10 heteroatoms. The summed E-state index contributed by atoms with van der Waals surface area (Å²) >= 11 is 0. The van der Waals surface area contributed by atoms with Gasteiger partial charge >= 0.3 is 6.18 Å². The SMILES string of the molecule is NC(CO)CCCn1ccc2cc(-c3ncc(C(F)(F)F)cn3)c(F)cc2c1=O. The lowest BCUT2D eigenvalue weighted by atomic mass is 10.1. The largest absolute Gasteiger partial charge is 0.419 e. The number of hydrogen-bond donors (Lipinski definition) is 2. The Morgan fingerprint density at radius 1 is 1.21 bits per heavy atom. The van der Waals surface area contributed by atoms with E-state index in [4.69, 9.17) is 10.8 Å². The van der Waals surface area contributed by atoms with Gasteiger partial charge < -0.3 is 15.4 Å². The van der Waals surface area contributed by atoms with Gasteiger partial charge in [-0.2, -0.15) is 13.2 Å². The summed E-state index contributed by atoms with van der Waals surface area (Å²) in [5.41, 5.74) is 4.09. The predicted molar refractivity (Wildman–Crippen MR) is 98.5 cm³/mol. The lowest BCUT2D eigenvalue weighted by Crippen LogP contribution is -2.26. The molecular formula is C19H18F4N4O2. The second-order valence-electron chi connectivity index (χ2n) is 6.61. The lowest BCUT2D eigenvalue weighted by molar-refractivity contribution is -0.138. The Labute approximate surface area is 162 Å². The highest BCUT2D eigenvalue weighted by Gasteiger charge is 2.31. The Bertz CT molecular complexity index is 1060. The number of rotatable bonds is 6. The van der Waals surface area contributed by atoms with Crippen LogP contribution in [-0.4, -0.2) is 32.3 Å². The smallest absolute Gasteiger partial charge is 0.395 e. The third-order valence-corrected chi connectivity index (χ3v) is 4.49. The van der Waals surface area contributed by atoms with Crippen molar-refractivity contribution in [1.29, 1.82) is 0 Å². The number of aliphatic hydroxyl groups excluding tert-OH is 1. The number of fused-ring (bicyclic) bond motifs is 1. The van der Waals surface area contributed by atoms with Gasteiger partial charge in [-0.25, -0.2) is 14.4 Å². The van der Waals surface area contributed by atoms with Crippen molar-refractivity contribution < 1.29 is 22.7 Å². The second kappa shape index (κ2) is 8.26. The average molecular weight is 410 g/mol. The Hall–Kier alpha value is -2.85. The van der Waals surface area contributed by atoms with Crippen molar-refractivity contribution >= 4 is 10.8 Å². The van der Waals surface area contributed by atoms with Crippen LogP contribution in [0.2, 0.25) is 0 Å². The van der Waals surface area contributed by atoms with Crippen molar-refractivity contribution in [3.05, 3.63) is 58.5 Å². The normalized spacial score (nSPS) is 13.0. The van der Waals surface area contributed by atoms with Crippen molar-refractivity contribution in [2.24, 2.45) is 5.73 Å². The molecule has 0 bridgehead atoms. The van der Waals surface area contributed by atoms with E-state index in [1.807, 2.05) is 0 Å². The molecule has 29 heavy (non-hydrogen) atoms. The van der Waals surface area contributed by atoms with Crippen LogP contribution in [0.3, 0.4) is 0 Å². The third-order valence-electron chi connectivity index (χ3n) is 4.49. The first kappa shape index (κ1) is 20.9. The summed E-state index contributed by atoms with van der Waals surface area (Å²) in [6.07, 6.45) is -0.786. The lowest BCUT2D eigenvalue weighted by Gasteiger charge is -2.11. The van der Waals surface area contributed by atoms with Crippen molar-refractivity contribution in [2.45, 2.75) is 31.6 Å². The molecule has 2 aromatic heterocycles. The summed E-state index contributed by atoms with van der Waals surface area (Å²) in [5.74, 6) is -1.02. The van der Waals surface area contributed by atoms with Crippen LogP contribution < -0.4 is 11.3 Å². The standard InChI is InChI=1S/C19H18F4N4O2/c20-16-7-14-11(3-5-27(18(14)29)4-1-2-13(24)10-28)6-15(16)17-25-8-12(9-26-17)19(21,22)23/h3,5-9,13,28H,1-2,4,10,24H2. The van der Waals surface area contributed by atoms with E-state index in [0.717, 1.165) is 6.07 Å². The molecule has 0 amide bonds. The van der Waals surface area contributed by atoms with Gasteiger partial charge in [-0.15, -0.1) is 0 Å². The molecule has 0 aliphatic rings. The summed E-state index contributed by atoms with van der Waals surface area (Å²) in [6, 6.07) is 3.61. The molecule has 6 nitrogen and oxygen atoms in total. The number of hydrogen-bond acceptors (Lipinski definition) is 5. The molecule has 0 saturated carbocycles. The first-order chi connectivity index (χ1) is 13.7. The van der Waals surface area contributed by atoms with E-state index in [1.54, 1.807) is 12.3 Å². The number of nitrogens with two attached hydrogens (primary N) is 1. The van der Waals surface area contributed by atoms with Crippen LogP contribution in [0.15, 0.2) is 41.6 Å². The van der Waals surface area contributed by atoms with Crippen LogP contribution in [0.1, 0.15) is 18.4 Å². The van der Waals surface area contributed by atoms with Crippen LogP contribution >= 0.6 is 0 Å². The molecule has 0 fully saturated rings. The number of aryl methyl sites for hydroxylation is 1. The van der Waals surface area contributed by atoms with Gasteiger partial charge in [-0.05, 0) is 36.4 Å². The van der Waals surface area contributed by atoms with Crippen LogP contribution in [0, 0.1) is 5.82 Å². The minimum Gasteiger partial charge on any atom is -0.395 e. The Balaban J connectivity index is 1.92. The quantitative estimate of drug-likeness (QED) is 0.610. The number of aliphatic hydroxyl groups is 1. The highest BCUT2D eigenvalue weighted by atomic mass is 19.4. The van der Waals surface area contributed by atoms with Gasteiger partial charge in [0.05, 0.1) is 23.1 Å².